The third-order valence-corrected chi connectivity index (χ3v) is 5.02. The second kappa shape index (κ2) is 8.21. The van der Waals surface area contributed by atoms with Crippen molar-refractivity contribution < 1.29 is 9.21 Å². The number of carbonyl (C=O) groups excluding carboxylic acids is 1. The summed E-state index contributed by atoms with van der Waals surface area (Å²) in [6.45, 7) is 6.18. The highest BCUT2D eigenvalue weighted by atomic mass is 16.3. The van der Waals surface area contributed by atoms with E-state index in [4.69, 9.17) is 4.42 Å². The van der Waals surface area contributed by atoms with Crippen LogP contribution < -0.4 is 10.6 Å². The molecular weight excluding hydrogens is 354 g/mol. The van der Waals surface area contributed by atoms with Crippen molar-refractivity contribution in [1.82, 2.24) is 25.5 Å². The Morgan fingerprint density at radius 2 is 2.29 bits per heavy atom. The van der Waals surface area contributed by atoms with Gasteiger partial charge in [0.2, 0.25) is 11.8 Å². The van der Waals surface area contributed by atoms with Gasteiger partial charge >= 0.3 is 0 Å². The molecule has 28 heavy (non-hydrogen) atoms. The molecule has 0 bridgehead atoms. The molecular formula is C21H25N5O2. The van der Waals surface area contributed by atoms with Crippen LogP contribution in [0.2, 0.25) is 0 Å². The second-order valence-corrected chi connectivity index (χ2v) is 7.14. The van der Waals surface area contributed by atoms with E-state index in [2.05, 4.69) is 45.4 Å². The van der Waals surface area contributed by atoms with E-state index in [9.17, 15) is 4.79 Å². The summed E-state index contributed by atoms with van der Waals surface area (Å²) in [5.41, 5.74) is 2.24. The zero-order valence-corrected chi connectivity index (χ0v) is 15.8. The number of aromatic nitrogens is 2. The van der Waals surface area contributed by atoms with Gasteiger partial charge in [-0.05, 0) is 30.4 Å². The van der Waals surface area contributed by atoms with E-state index in [1.807, 2.05) is 17.0 Å². The molecule has 2 aromatic heterocycles. The molecule has 0 aliphatic carbocycles. The van der Waals surface area contributed by atoms with Crippen molar-refractivity contribution in [1.29, 1.82) is 0 Å². The minimum atomic E-state index is 0.0468. The molecule has 7 nitrogen and oxygen atoms in total. The Labute approximate surface area is 163 Å². The molecule has 7 heteroatoms. The summed E-state index contributed by atoms with van der Waals surface area (Å²) in [6, 6.07) is 10.5. The highest BCUT2D eigenvalue weighted by Crippen LogP contribution is 2.15. The molecule has 1 atom stereocenters. The third-order valence-electron chi connectivity index (χ3n) is 5.02. The van der Waals surface area contributed by atoms with Crippen LogP contribution in [0.25, 0.3) is 10.9 Å². The van der Waals surface area contributed by atoms with Crippen molar-refractivity contribution in [2.24, 2.45) is 0 Å². The number of H-pyrrole nitrogens is 1. The number of carbonyl (C=O) groups is 1. The van der Waals surface area contributed by atoms with Gasteiger partial charge < -0.3 is 24.9 Å². The third kappa shape index (κ3) is 4.36. The first-order chi connectivity index (χ1) is 13.7. The van der Waals surface area contributed by atoms with E-state index in [0.29, 0.717) is 19.0 Å². The lowest BCUT2D eigenvalue weighted by molar-refractivity contribution is -0.132. The minimum absolute atomic E-state index is 0.0468. The lowest BCUT2D eigenvalue weighted by Crippen LogP contribution is -2.49. The lowest BCUT2D eigenvalue weighted by atomic mass is 10.1. The zero-order chi connectivity index (χ0) is 19.3. The Morgan fingerprint density at radius 3 is 3.11 bits per heavy atom. The molecule has 146 valence electrons. The second-order valence-electron chi connectivity index (χ2n) is 7.14. The van der Waals surface area contributed by atoms with Crippen LogP contribution in [0.4, 0.5) is 0 Å². The van der Waals surface area contributed by atoms with Crippen molar-refractivity contribution in [2.45, 2.75) is 31.8 Å². The summed E-state index contributed by atoms with van der Waals surface area (Å²) < 4.78 is 5.18. The molecule has 1 aromatic carbocycles. The number of para-hydroxylation sites is 1. The molecule has 0 unspecified atom stereocenters. The maximum Gasteiger partial charge on any atom is 0.231 e. The smallest absolute Gasteiger partial charge is 0.231 e. The van der Waals surface area contributed by atoms with Gasteiger partial charge in [-0.2, -0.15) is 0 Å². The number of aromatic amines is 1. The minimum Gasteiger partial charge on any atom is -0.448 e. The molecule has 3 heterocycles. The van der Waals surface area contributed by atoms with Crippen molar-refractivity contribution in [3.63, 3.8) is 0 Å². The van der Waals surface area contributed by atoms with Gasteiger partial charge in [0.1, 0.15) is 12.7 Å². The van der Waals surface area contributed by atoms with E-state index < -0.39 is 0 Å². The molecule has 1 amide bonds. The summed E-state index contributed by atoms with van der Waals surface area (Å²) in [6.07, 6.45) is 5.23. The van der Waals surface area contributed by atoms with Gasteiger partial charge in [-0.1, -0.05) is 24.8 Å². The van der Waals surface area contributed by atoms with Crippen LogP contribution in [0, 0.1) is 0 Å². The van der Waals surface area contributed by atoms with Crippen LogP contribution in [0.5, 0.6) is 0 Å². The number of fused-ring (bicyclic) bond motifs is 1. The summed E-state index contributed by atoms with van der Waals surface area (Å²) in [5.74, 6) is 1.28. The van der Waals surface area contributed by atoms with Crippen LogP contribution in [0.1, 0.15) is 24.4 Å². The van der Waals surface area contributed by atoms with Crippen LogP contribution in [0.15, 0.2) is 59.6 Å². The predicted octanol–water partition coefficient (Wildman–Crippen LogP) is 2.54. The molecule has 1 fully saturated rings. The predicted molar refractivity (Wildman–Crippen MR) is 107 cm³/mol. The van der Waals surface area contributed by atoms with Gasteiger partial charge in [0.25, 0.3) is 0 Å². The molecule has 3 aromatic rings. The summed E-state index contributed by atoms with van der Waals surface area (Å²) in [5, 5.41) is 7.94. The van der Waals surface area contributed by atoms with Gasteiger partial charge in [0, 0.05) is 30.3 Å². The number of hydrogen-bond donors (Lipinski definition) is 3. The fraction of sp³-hybridized carbons (Fsp3) is 0.333. The van der Waals surface area contributed by atoms with E-state index in [1.54, 1.807) is 6.20 Å². The van der Waals surface area contributed by atoms with E-state index >= 15 is 0 Å². The lowest BCUT2D eigenvalue weighted by Gasteiger charge is -2.34. The van der Waals surface area contributed by atoms with E-state index in [0.717, 1.165) is 36.4 Å². The number of piperidine rings is 1. The van der Waals surface area contributed by atoms with Crippen molar-refractivity contribution >= 4 is 16.8 Å². The van der Waals surface area contributed by atoms with Gasteiger partial charge in [-0.15, -0.1) is 0 Å². The van der Waals surface area contributed by atoms with Crippen LogP contribution in [0.3, 0.4) is 0 Å². The Balaban J connectivity index is 1.26. The number of oxazole rings is 1. The van der Waals surface area contributed by atoms with E-state index in [1.165, 1.54) is 11.6 Å². The van der Waals surface area contributed by atoms with Gasteiger partial charge in [0.15, 0.2) is 0 Å². The van der Waals surface area contributed by atoms with Crippen molar-refractivity contribution in [3.8, 4) is 0 Å². The quantitative estimate of drug-likeness (QED) is 0.587. The first-order valence-electron chi connectivity index (χ1n) is 9.59. The van der Waals surface area contributed by atoms with Gasteiger partial charge in [-0.25, -0.2) is 4.98 Å². The van der Waals surface area contributed by atoms with Crippen LogP contribution in [-0.2, 0) is 17.8 Å². The summed E-state index contributed by atoms with van der Waals surface area (Å²) in [4.78, 5) is 21.7. The fourth-order valence-electron chi connectivity index (χ4n) is 3.63. The Morgan fingerprint density at radius 1 is 1.39 bits per heavy atom. The average Bonchev–Trinajstić information content (AvgIpc) is 3.35. The van der Waals surface area contributed by atoms with Gasteiger partial charge in [0.05, 0.1) is 18.6 Å². The maximum absolute atomic E-state index is 12.4. The zero-order valence-electron chi connectivity index (χ0n) is 15.8. The average molecular weight is 379 g/mol. The number of hydrogen-bond acceptors (Lipinski definition) is 5. The fourth-order valence-corrected chi connectivity index (χ4v) is 3.63. The largest absolute Gasteiger partial charge is 0.448 e. The molecule has 0 spiro atoms. The summed E-state index contributed by atoms with van der Waals surface area (Å²) in [7, 11) is 0. The number of rotatable bonds is 7. The molecule has 1 saturated heterocycles. The van der Waals surface area contributed by atoms with E-state index in [-0.39, 0.29) is 18.4 Å². The number of nitrogens with one attached hydrogen (secondary N) is 3. The topological polar surface area (TPSA) is 86.2 Å². The SMILES string of the molecule is C=C(NCc1cc2ccccc2[nH]1)N[C@@H]1CCCN(C(=O)Cc2ncco2)C1. The highest BCUT2D eigenvalue weighted by molar-refractivity contribution is 5.80. The normalized spacial score (nSPS) is 16.9. The van der Waals surface area contributed by atoms with Crippen LogP contribution in [-0.4, -0.2) is 39.9 Å². The van der Waals surface area contributed by atoms with Gasteiger partial charge in [-0.3, -0.25) is 4.79 Å². The number of benzene rings is 1. The maximum atomic E-state index is 12.4. The molecule has 3 N–H and O–H groups in total. The summed E-state index contributed by atoms with van der Waals surface area (Å²) >= 11 is 0. The monoisotopic (exact) mass is 379 g/mol. The molecule has 1 aliphatic rings. The highest BCUT2D eigenvalue weighted by Gasteiger charge is 2.24. The number of nitrogens with zero attached hydrogens (tertiary/aromatic N) is 2. The Hall–Kier alpha value is -3.22. The molecule has 1 aliphatic heterocycles. The number of likely N-dealkylation sites (tertiary alicyclic amines) is 1. The molecule has 0 radical (unpaired) electrons. The number of amides is 1. The first kappa shape index (κ1) is 18.2. The van der Waals surface area contributed by atoms with Crippen molar-refractivity contribution in [2.75, 3.05) is 13.1 Å². The standard InChI is InChI=1S/C21H25N5O2/c1-15(23-13-18-11-16-5-2-3-7-19(16)25-18)24-17-6-4-9-26(14-17)21(27)12-20-22-8-10-28-20/h2-3,5,7-8,10-11,17,23-25H,1,4,6,9,12-14H2/t17-/m1/s1. The molecule has 0 saturated carbocycles. The van der Waals surface area contributed by atoms with Crippen LogP contribution >= 0.6 is 0 Å². The first-order valence-corrected chi connectivity index (χ1v) is 9.59. The molecule has 4 rings (SSSR count). The van der Waals surface area contributed by atoms with Crippen molar-refractivity contribution in [3.05, 3.63) is 66.8 Å². The Kier molecular flexibility index (Phi) is 5.32. The Bertz CT molecular complexity index is 914.